The van der Waals surface area contributed by atoms with Crippen molar-refractivity contribution >= 4 is 37.6 Å². The number of amides is 1. The molecule has 0 aliphatic carbocycles. The van der Waals surface area contributed by atoms with Crippen molar-refractivity contribution in [2.24, 2.45) is 0 Å². The van der Waals surface area contributed by atoms with Crippen LogP contribution in [0.4, 0.5) is 0 Å². The molecule has 37 heavy (non-hydrogen) atoms. The lowest BCUT2D eigenvalue weighted by atomic mass is 10.1. The van der Waals surface area contributed by atoms with Gasteiger partial charge in [0, 0.05) is 32.7 Å². The Labute approximate surface area is 223 Å². The van der Waals surface area contributed by atoms with Crippen LogP contribution in [0.15, 0.2) is 52.3 Å². The molecule has 2 aliphatic heterocycles. The Hall–Kier alpha value is -2.18. The number of ether oxygens (including phenoxy) is 1. The summed E-state index contributed by atoms with van der Waals surface area (Å²) in [4.78, 5) is 12.6. The Morgan fingerprint density at radius 3 is 1.95 bits per heavy atom. The number of rotatable bonds is 10. The molecule has 0 spiro atoms. The van der Waals surface area contributed by atoms with E-state index in [1.54, 1.807) is 24.3 Å². The molecular formula is C25H32ClN3O6S2. The molecule has 0 radical (unpaired) electrons. The molecule has 0 bridgehead atoms. The lowest BCUT2D eigenvalue weighted by Crippen LogP contribution is -2.35. The largest absolute Gasteiger partial charge is 0.482 e. The van der Waals surface area contributed by atoms with E-state index >= 15 is 0 Å². The molecule has 4 rings (SSSR count). The SMILES string of the molecule is O=C(COc1ccc(S(=O)(=O)N2CCCCC2)cc1Cl)NCCc1ccc(S(=O)(=O)N2CCCC2)cc1. The molecule has 0 atom stereocenters. The van der Waals surface area contributed by atoms with E-state index in [1.807, 2.05) is 0 Å². The zero-order valence-corrected chi connectivity index (χ0v) is 23.0. The Morgan fingerprint density at radius 1 is 0.811 bits per heavy atom. The maximum absolute atomic E-state index is 12.8. The van der Waals surface area contributed by atoms with Crippen LogP contribution in [-0.4, -0.2) is 70.7 Å². The third-order valence-electron chi connectivity index (χ3n) is 6.58. The van der Waals surface area contributed by atoms with Crippen molar-refractivity contribution in [3.63, 3.8) is 0 Å². The summed E-state index contributed by atoms with van der Waals surface area (Å²) in [5, 5.41) is 2.87. The summed E-state index contributed by atoms with van der Waals surface area (Å²) in [5.41, 5.74) is 0.898. The van der Waals surface area contributed by atoms with Crippen molar-refractivity contribution in [1.29, 1.82) is 0 Å². The summed E-state index contributed by atoms with van der Waals surface area (Å²) < 4.78 is 59.3. The van der Waals surface area contributed by atoms with Crippen molar-refractivity contribution < 1.29 is 26.4 Å². The number of carbonyl (C=O) groups excluding carboxylic acids is 1. The van der Waals surface area contributed by atoms with Crippen LogP contribution in [0, 0.1) is 0 Å². The van der Waals surface area contributed by atoms with Crippen LogP contribution in [0.3, 0.4) is 0 Å². The maximum atomic E-state index is 12.8. The molecule has 0 saturated carbocycles. The molecular weight excluding hydrogens is 538 g/mol. The van der Waals surface area contributed by atoms with Crippen molar-refractivity contribution in [1.82, 2.24) is 13.9 Å². The molecule has 202 valence electrons. The van der Waals surface area contributed by atoms with Gasteiger partial charge in [-0.2, -0.15) is 8.61 Å². The smallest absolute Gasteiger partial charge is 0.257 e. The second-order valence-corrected chi connectivity index (χ2v) is 13.5. The van der Waals surface area contributed by atoms with Crippen molar-refractivity contribution in [3.8, 4) is 5.75 Å². The molecule has 2 saturated heterocycles. The van der Waals surface area contributed by atoms with Gasteiger partial charge >= 0.3 is 0 Å². The monoisotopic (exact) mass is 569 g/mol. The summed E-state index contributed by atoms with van der Waals surface area (Å²) in [6.07, 6.45) is 5.01. The van der Waals surface area contributed by atoms with E-state index in [2.05, 4.69) is 5.32 Å². The Bertz CT molecular complexity index is 1300. The van der Waals surface area contributed by atoms with Crippen molar-refractivity contribution in [2.45, 2.75) is 48.3 Å². The molecule has 0 aromatic heterocycles. The van der Waals surface area contributed by atoms with Gasteiger partial charge in [0.15, 0.2) is 6.61 Å². The summed E-state index contributed by atoms with van der Waals surface area (Å²) in [7, 11) is -7.05. The zero-order valence-electron chi connectivity index (χ0n) is 20.6. The number of hydrogen-bond acceptors (Lipinski definition) is 6. The van der Waals surface area contributed by atoms with Crippen LogP contribution in [-0.2, 0) is 31.3 Å². The summed E-state index contributed by atoms with van der Waals surface area (Å²) >= 11 is 6.24. The van der Waals surface area contributed by atoms with Crippen LogP contribution >= 0.6 is 11.6 Å². The maximum Gasteiger partial charge on any atom is 0.257 e. The summed E-state index contributed by atoms with van der Waals surface area (Å²) in [6, 6.07) is 11.0. The van der Waals surface area contributed by atoms with Gasteiger partial charge < -0.3 is 10.1 Å². The number of piperidine rings is 1. The first-order valence-electron chi connectivity index (χ1n) is 12.5. The third-order valence-corrected chi connectivity index (χ3v) is 10.7. The minimum atomic E-state index is -3.61. The first kappa shape index (κ1) is 27.8. The van der Waals surface area contributed by atoms with Crippen molar-refractivity contribution in [2.75, 3.05) is 39.3 Å². The van der Waals surface area contributed by atoms with Crippen LogP contribution < -0.4 is 10.1 Å². The molecule has 0 unspecified atom stereocenters. The van der Waals surface area contributed by atoms with E-state index in [4.69, 9.17) is 16.3 Å². The molecule has 2 aromatic rings. The highest BCUT2D eigenvalue weighted by molar-refractivity contribution is 7.89. The quantitative estimate of drug-likeness (QED) is 0.470. The normalized spacial score (nSPS) is 17.5. The van der Waals surface area contributed by atoms with Gasteiger partial charge in [0.1, 0.15) is 5.75 Å². The molecule has 1 amide bonds. The summed E-state index contributed by atoms with van der Waals surface area (Å²) in [6.45, 7) is 2.20. The fourth-order valence-electron chi connectivity index (χ4n) is 4.46. The molecule has 2 aromatic carbocycles. The van der Waals surface area contributed by atoms with E-state index < -0.39 is 20.0 Å². The lowest BCUT2D eigenvalue weighted by Gasteiger charge is -2.26. The molecule has 9 nitrogen and oxygen atoms in total. The number of hydrogen-bond donors (Lipinski definition) is 1. The van der Waals surface area contributed by atoms with Crippen LogP contribution in [0.2, 0.25) is 5.02 Å². The van der Waals surface area contributed by atoms with Gasteiger partial charge in [-0.3, -0.25) is 4.79 Å². The van der Waals surface area contributed by atoms with Crippen LogP contribution in [0.1, 0.15) is 37.7 Å². The van der Waals surface area contributed by atoms with E-state index in [-0.39, 0.29) is 33.1 Å². The highest BCUT2D eigenvalue weighted by atomic mass is 35.5. The van der Waals surface area contributed by atoms with Gasteiger partial charge in [0.2, 0.25) is 20.0 Å². The number of nitrogens with one attached hydrogen (secondary N) is 1. The van der Waals surface area contributed by atoms with Crippen LogP contribution in [0.5, 0.6) is 5.75 Å². The minimum Gasteiger partial charge on any atom is -0.482 e. The Balaban J connectivity index is 1.24. The number of benzene rings is 2. The minimum absolute atomic E-state index is 0.107. The van der Waals surface area contributed by atoms with Gasteiger partial charge in [-0.15, -0.1) is 0 Å². The second kappa shape index (κ2) is 12.1. The summed E-state index contributed by atoms with van der Waals surface area (Å²) in [5.74, 6) is -0.126. The van der Waals surface area contributed by atoms with E-state index in [1.165, 1.54) is 26.8 Å². The number of halogens is 1. The first-order valence-corrected chi connectivity index (χ1v) is 15.7. The highest BCUT2D eigenvalue weighted by Gasteiger charge is 2.28. The fourth-order valence-corrected chi connectivity index (χ4v) is 7.82. The average molecular weight is 570 g/mol. The average Bonchev–Trinajstić information content (AvgIpc) is 3.45. The van der Waals surface area contributed by atoms with Gasteiger partial charge in [0.05, 0.1) is 14.8 Å². The molecule has 2 heterocycles. The molecule has 2 fully saturated rings. The van der Waals surface area contributed by atoms with E-state index in [9.17, 15) is 21.6 Å². The topological polar surface area (TPSA) is 113 Å². The predicted molar refractivity (Wildman–Crippen MR) is 141 cm³/mol. The Kier molecular flexibility index (Phi) is 9.12. The predicted octanol–water partition coefficient (Wildman–Crippen LogP) is 3.04. The lowest BCUT2D eigenvalue weighted by molar-refractivity contribution is -0.123. The van der Waals surface area contributed by atoms with E-state index in [0.29, 0.717) is 39.1 Å². The van der Waals surface area contributed by atoms with Gasteiger partial charge in [-0.1, -0.05) is 30.2 Å². The zero-order chi connectivity index (χ0) is 26.5. The standard InChI is InChI=1S/C25H32ClN3O6S2/c26-23-18-22(37(33,34)29-14-2-1-3-15-29)10-11-24(23)35-19-25(30)27-13-12-20-6-8-21(9-7-20)36(31,32)28-16-4-5-17-28/h6-11,18H,1-5,12-17,19H2,(H,27,30). The van der Waals surface area contributed by atoms with Gasteiger partial charge in [-0.05, 0) is 68.0 Å². The number of carbonyl (C=O) groups is 1. The molecule has 2 aliphatic rings. The highest BCUT2D eigenvalue weighted by Crippen LogP contribution is 2.29. The fraction of sp³-hybridized carbons (Fsp3) is 0.480. The third kappa shape index (κ3) is 6.83. The second-order valence-electron chi connectivity index (χ2n) is 9.20. The van der Waals surface area contributed by atoms with Gasteiger partial charge in [-0.25, -0.2) is 16.8 Å². The number of nitrogens with zero attached hydrogens (tertiary/aromatic N) is 2. The first-order chi connectivity index (χ1) is 17.7. The number of sulfonamides is 2. The van der Waals surface area contributed by atoms with Crippen molar-refractivity contribution in [3.05, 3.63) is 53.1 Å². The Morgan fingerprint density at radius 2 is 1.35 bits per heavy atom. The molecule has 1 N–H and O–H groups in total. The molecule has 12 heteroatoms. The van der Waals surface area contributed by atoms with Crippen LogP contribution in [0.25, 0.3) is 0 Å². The van der Waals surface area contributed by atoms with Gasteiger partial charge in [0.25, 0.3) is 5.91 Å². The van der Waals surface area contributed by atoms with E-state index in [0.717, 1.165) is 37.7 Å².